The summed E-state index contributed by atoms with van der Waals surface area (Å²) in [6.07, 6.45) is 4.38. The molecule has 1 heterocycles. The fourth-order valence-electron chi connectivity index (χ4n) is 1.83. The third-order valence-corrected chi connectivity index (χ3v) is 3.02. The van der Waals surface area contributed by atoms with E-state index in [9.17, 15) is 4.79 Å². The summed E-state index contributed by atoms with van der Waals surface area (Å²) in [5.74, 6) is -0.0447. The second kappa shape index (κ2) is 10.6. The maximum absolute atomic E-state index is 11.4. The third kappa shape index (κ3) is 11.5. The van der Waals surface area contributed by atoms with E-state index >= 15 is 0 Å². The minimum absolute atomic E-state index is 0.0447. The Morgan fingerprint density at radius 2 is 2.00 bits per heavy atom. The van der Waals surface area contributed by atoms with Gasteiger partial charge in [-0.2, -0.15) is 0 Å². The maximum atomic E-state index is 11.4. The van der Waals surface area contributed by atoms with Crippen LogP contribution >= 0.6 is 0 Å². The molecule has 0 aromatic carbocycles. The van der Waals surface area contributed by atoms with Crippen molar-refractivity contribution in [3.63, 3.8) is 0 Å². The van der Waals surface area contributed by atoms with Crippen molar-refractivity contribution in [3.05, 3.63) is 0 Å². The zero-order valence-electron chi connectivity index (χ0n) is 11.7. The molecule has 0 aliphatic carbocycles. The molecule has 0 aromatic heterocycles. The zero-order chi connectivity index (χ0) is 14.7. The summed E-state index contributed by atoms with van der Waals surface area (Å²) >= 11 is 0. The van der Waals surface area contributed by atoms with Gasteiger partial charge in [-0.25, -0.2) is 4.79 Å². The molecule has 2 unspecified atom stereocenters. The lowest BCUT2D eigenvalue weighted by Gasteiger charge is -2.23. The summed E-state index contributed by atoms with van der Waals surface area (Å²) in [4.78, 5) is 20.0. The van der Waals surface area contributed by atoms with Gasteiger partial charge >= 0.3 is 12.1 Å². The van der Waals surface area contributed by atoms with Crippen LogP contribution in [0.4, 0.5) is 4.79 Å². The summed E-state index contributed by atoms with van der Waals surface area (Å²) in [6.45, 7) is 5.07. The number of piperidine rings is 1. The van der Waals surface area contributed by atoms with Gasteiger partial charge in [0.05, 0.1) is 6.10 Å². The van der Waals surface area contributed by atoms with E-state index in [1.807, 2.05) is 13.8 Å². The van der Waals surface area contributed by atoms with E-state index in [1.165, 1.54) is 19.3 Å². The van der Waals surface area contributed by atoms with Gasteiger partial charge in [-0.15, -0.1) is 0 Å². The molecule has 0 amide bonds. The maximum Gasteiger partial charge on any atom is 0.503 e. The van der Waals surface area contributed by atoms with Crippen LogP contribution in [0.3, 0.4) is 0 Å². The first-order chi connectivity index (χ1) is 8.95. The number of hydrogen-bond donors (Lipinski definition) is 3. The molecule has 2 atom stereocenters. The average molecular weight is 275 g/mol. The lowest BCUT2D eigenvalue weighted by Crippen LogP contribution is -2.34. The van der Waals surface area contributed by atoms with Crippen molar-refractivity contribution in [1.82, 2.24) is 5.32 Å². The summed E-state index contributed by atoms with van der Waals surface area (Å²) in [7, 11) is 0. The monoisotopic (exact) mass is 275 g/mol. The second-order valence-corrected chi connectivity index (χ2v) is 4.68. The number of carboxylic acid groups (broad SMARTS) is 2. The van der Waals surface area contributed by atoms with Crippen LogP contribution in [0.25, 0.3) is 0 Å². The largest absolute Gasteiger partial charge is 0.503 e. The molecule has 1 rings (SSSR count). The van der Waals surface area contributed by atoms with Gasteiger partial charge in [-0.1, -0.05) is 13.3 Å². The number of rotatable bonds is 5. The fraction of sp³-hybridized carbons (Fsp3) is 0.846. The number of carbonyl (C=O) groups excluding carboxylic acids is 1. The Kier molecular flexibility index (Phi) is 9.88. The van der Waals surface area contributed by atoms with Gasteiger partial charge in [0.1, 0.15) is 0 Å². The molecule has 1 aliphatic rings. The zero-order valence-corrected chi connectivity index (χ0v) is 11.7. The summed E-state index contributed by atoms with van der Waals surface area (Å²) in [6, 6.07) is 0.531. The molecule has 1 aliphatic heterocycles. The van der Waals surface area contributed by atoms with Gasteiger partial charge in [0.15, 0.2) is 0 Å². The molecule has 1 fully saturated rings. The molecular weight excluding hydrogens is 250 g/mol. The normalized spacial score (nSPS) is 19.8. The third-order valence-electron chi connectivity index (χ3n) is 3.02. The molecule has 0 radical (unpaired) electrons. The van der Waals surface area contributed by atoms with Gasteiger partial charge in [0, 0.05) is 12.5 Å². The Balaban J connectivity index is 0.000000711. The summed E-state index contributed by atoms with van der Waals surface area (Å²) < 4.78 is 5.22. The number of hydrogen-bond acceptors (Lipinski definition) is 4. The van der Waals surface area contributed by atoms with Crippen molar-refractivity contribution in [2.75, 3.05) is 6.54 Å². The van der Waals surface area contributed by atoms with E-state index in [-0.39, 0.29) is 12.1 Å². The predicted octanol–water partition coefficient (Wildman–Crippen LogP) is 2.47. The SMILES string of the molecule is CCC(C)OC(=O)CCC1CCCCN1.O=C(O)O. The molecule has 1 saturated heterocycles. The Morgan fingerprint density at radius 1 is 1.37 bits per heavy atom. The Hall–Kier alpha value is -1.30. The Morgan fingerprint density at radius 3 is 2.47 bits per heavy atom. The lowest BCUT2D eigenvalue weighted by atomic mass is 10.0. The van der Waals surface area contributed by atoms with Gasteiger partial charge in [-0.05, 0) is 39.2 Å². The molecule has 0 bridgehead atoms. The average Bonchev–Trinajstić information content (AvgIpc) is 2.37. The first-order valence-electron chi connectivity index (χ1n) is 6.80. The van der Waals surface area contributed by atoms with Crippen molar-refractivity contribution in [1.29, 1.82) is 0 Å². The number of ether oxygens (including phenoxy) is 1. The van der Waals surface area contributed by atoms with Crippen LogP contribution in [0, 0.1) is 0 Å². The van der Waals surface area contributed by atoms with E-state index in [1.54, 1.807) is 0 Å². The van der Waals surface area contributed by atoms with E-state index in [0.29, 0.717) is 12.5 Å². The standard InChI is InChI=1S/C12H23NO2.CH2O3/c1-3-10(2)15-12(14)8-7-11-6-4-5-9-13-11;2-1(3)4/h10-11,13H,3-9H2,1-2H3;(H2,2,3,4). The van der Waals surface area contributed by atoms with Crippen LogP contribution in [0.2, 0.25) is 0 Å². The van der Waals surface area contributed by atoms with Crippen molar-refractivity contribution in [2.24, 2.45) is 0 Å². The second-order valence-electron chi connectivity index (χ2n) is 4.68. The van der Waals surface area contributed by atoms with Gasteiger partial charge < -0.3 is 20.3 Å². The van der Waals surface area contributed by atoms with Crippen molar-refractivity contribution in [2.45, 2.75) is 64.5 Å². The highest BCUT2D eigenvalue weighted by atomic mass is 16.6. The highest BCUT2D eigenvalue weighted by Gasteiger charge is 2.15. The highest BCUT2D eigenvalue weighted by Crippen LogP contribution is 2.12. The topological polar surface area (TPSA) is 95.9 Å². The predicted molar refractivity (Wildman–Crippen MR) is 71.4 cm³/mol. The smallest absolute Gasteiger partial charge is 0.463 e. The minimum atomic E-state index is -1.83. The number of nitrogens with one attached hydrogen (secondary N) is 1. The molecule has 3 N–H and O–H groups in total. The minimum Gasteiger partial charge on any atom is -0.463 e. The van der Waals surface area contributed by atoms with Crippen LogP contribution in [0.15, 0.2) is 0 Å². The van der Waals surface area contributed by atoms with Crippen molar-refractivity contribution < 1.29 is 24.5 Å². The highest BCUT2D eigenvalue weighted by molar-refractivity contribution is 5.69. The van der Waals surface area contributed by atoms with Gasteiger partial charge in [0.2, 0.25) is 0 Å². The van der Waals surface area contributed by atoms with E-state index in [2.05, 4.69) is 5.32 Å². The Labute approximate surface area is 114 Å². The summed E-state index contributed by atoms with van der Waals surface area (Å²) in [5.41, 5.74) is 0. The molecular formula is C13H25NO5. The first-order valence-corrected chi connectivity index (χ1v) is 6.80. The molecule has 6 heteroatoms. The fourth-order valence-corrected chi connectivity index (χ4v) is 1.83. The van der Waals surface area contributed by atoms with Crippen LogP contribution in [0.5, 0.6) is 0 Å². The molecule has 0 saturated carbocycles. The molecule has 6 nitrogen and oxygen atoms in total. The van der Waals surface area contributed by atoms with E-state index < -0.39 is 6.16 Å². The van der Waals surface area contributed by atoms with Crippen LogP contribution in [-0.4, -0.2) is 41.0 Å². The van der Waals surface area contributed by atoms with Crippen LogP contribution in [-0.2, 0) is 9.53 Å². The summed E-state index contributed by atoms with van der Waals surface area (Å²) in [5, 5.41) is 17.4. The van der Waals surface area contributed by atoms with Crippen molar-refractivity contribution >= 4 is 12.1 Å². The quantitative estimate of drug-likeness (QED) is 0.667. The van der Waals surface area contributed by atoms with E-state index in [0.717, 1.165) is 19.4 Å². The molecule has 0 spiro atoms. The molecule has 19 heavy (non-hydrogen) atoms. The van der Waals surface area contributed by atoms with Crippen molar-refractivity contribution in [3.8, 4) is 0 Å². The molecule has 112 valence electrons. The first kappa shape index (κ1) is 17.7. The Bertz CT molecular complexity index is 260. The number of esters is 1. The van der Waals surface area contributed by atoms with Gasteiger partial charge in [-0.3, -0.25) is 4.79 Å². The number of carbonyl (C=O) groups is 2. The molecule has 0 aromatic rings. The van der Waals surface area contributed by atoms with Crippen LogP contribution < -0.4 is 5.32 Å². The van der Waals surface area contributed by atoms with Crippen LogP contribution in [0.1, 0.15) is 52.4 Å². The lowest BCUT2D eigenvalue weighted by molar-refractivity contribution is -0.148. The van der Waals surface area contributed by atoms with Gasteiger partial charge in [0.25, 0.3) is 0 Å². The van der Waals surface area contributed by atoms with E-state index in [4.69, 9.17) is 19.7 Å².